The summed E-state index contributed by atoms with van der Waals surface area (Å²) in [5.74, 6) is 0.241. The number of anilines is 2. The van der Waals surface area contributed by atoms with Crippen molar-refractivity contribution < 1.29 is 9.59 Å². The molecule has 136 valence electrons. The van der Waals surface area contributed by atoms with Gasteiger partial charge in [0, 0.05) is 18.2 Å². The second-order valence-electron chi connectivity index (χ2n) is 7.01. The molecule has 1 aromatic carbocycles. The van der Waals surface area contributed by atoms with Crippen LogP contribution in [0, 0.1) is 19.8 Å². The standard InChI is InChI=1S/C21H24N2O2S/c1-13-8-9-19(10-15(13)3)23(16(4)24)21-22-18(12-26-21)11-17-7-5-6-14(2)20(17)25/h8-12,14H,5-7H2,1-4H3/b17-11-/t14-/m0/s1. The number of rotatable bonds is 3. The van der Waals surface area contributed by atoms with Crippen LogP contribution in [-0.4, -0.2) is 16.7 Å². The van der Waals surface area contributed by atoms with Crippen molar-refractivity contribution in [3.05, 3.63) is 46.0 Å². The molecule has 0 unspecified atom stereocenters. The molecule has 1 aromatic heterocycles. The number of hydrogen-bond acceptors (Lipinski definition) is 4. The van der Waals surface area contributed by atoms with Gasteiger partial charge in [-0.1, -0.05) is 13.0 Å². The van der Waals surface area contributed by atoms with Crippen LogP contribution in [0.15, 0.2) is 29.2 Å². The lowest BCUT2D eigenvalue weighted by Crippen LogP contribution is -2.22. The van der Waals surface area contributed by atoms with E-state index in [2.05, 4.69) is 4.98 Å². The third kappa shape index (κ3) is 3.78. The molecule has 1 aliphatic carbocycles. The number of aromatic nitrogens is 1. The maximum Gasteiger partial charge on any atom is 0.230 e. The molecule has 1 aliphatic rings. The predicted octanol–water partition coefficient (Wildman–Crippen LogP) is 5.22. The van der Waals surface area contributed by atoms with E-state index in [0.717, 1.165) is 41.8 Å². The van der Waals surface area contributed by atoms with E-state index < -0.39 is 0 Å². The Morgan fingerprint density at radius 2 is 2.08 bits per heavy atom. The van der Waals surface area contributed by atoms with E-state index in [1.54, 1.807) is 11.8 Å². The first-order chi connectivity index (χ1) is 12.4. The van der Waals surface area contributed by atoms with E-state index in [1.165, 1.54) is 16.9 Å². The minimum Gasteiger partial charge on any atom is -0.294 e. The zero-order valence-electron chi connectivity index (χ0n) is 15.7. The summed E-state index contributed by atoms with van der Waals surface area (Å²) in [7, 11) is 0. The van der Waals surface area contributed by atoms with Gasteiger partial charge in [0.25, 0.3) is 0 Å². The summed E-state index contributed by atoms with van der Waals surface area (Å²) in [5.41, 5.74) is 4.73. The monoisotopic (exact) mass is 368 g/mol. The molecule has 0 radical (unpaired) electrons. The Hall–Kier alpha value is -2.27. The molecular weight excluding hydrogens is 344 g/mol. The van der Waals surface area contributed by atoms with Crippen LogP contribution in [0.25, 0.3) is 6.08 Å². The SMILES string of the molecule is CC(=O)N(c1ccc(C)c(C)c1)c1nc(/C=C2/CCC[C@H](C)C2=O)cs1. The van der Waals surface area contributed by atoms with Crippen molar-refractivity contribution in [1.29, 1.82) is 0 Å². The molecule has 26 heavy (non-hydrogen) atoms. The molecule has 1 atom stereocenters. The Labute approximate surface area is 158 Å². The highest BCUT2D eigenvalue weighted by molar-refractivity contribution is 7.14. The Morgan fingerprint density at radius 3 is 2.77 bits per heavy atom. The highest BCUT2D eigenvalue weighted by Gasteiger charge is 2.23. The largest absolute Gasteiger partial charge is 0.294 e. The molecule has 0 spiro atoms. The van der Waals surface area contributed by atoms with E-state index in [1.807, 2.05) is 50.4 Å². The van der Waals surface area contributed by atoms with Gasteiger partial charge in [0.1, 0.15) is 0 Å². The van der Waals surface area contributed by atoms with Gasteiger partial charge in [0.2, 0.25) is 5.91 Å². The fraction of sp³-hybridized carbons (Fsp3) is 0.381. The number of thiazole rings is 1. The van der Waals surface area contributed by atoms with E-state index in [4.69, 9.17) is 0 Å². The zero-order valence-corrected chi connectivity index (χ0v) is 16.5. The Balaban J connectivity index is 1.92. The van der Waals surface area contributed by atoms with Crippen molar-refractivity contribution in [2.75, 3.05) is 4.90 Å². The topological polar surface area (TPSA) is 50.3 Å². The third-order valence-electron chi connectivity index (χ3n) is 4.93. The first-order valence-corrected chi connectivity index (χ1v) is 9.83. The molecule has 4 nitrogen and oxygen atoms in total. The van der Waals surface area contributed by atoms with Gasteiger partial charge in [-0.3, -0.25) is 14.5 Å². The quantitative estimate of drug-likeness (QED) is 0.698. The number of ketones is 1. The van der Waals surface area contributed by atoms with Gasteiger partial charge < -0.3 is 0 Å². The maximum absolute atomic E-state index is 12.3. The van der Waals surface area contributed by atoms with Crippen molar-refractivity contribution >= 4 is 39.9 Å². The van der Waals surface area contributed by atoms with Gasteiger partial charge in [0.15, 0.2) is 10.9 Å². The molecule has 0 aliphatic heterocycles. The van der Waals surface area contributed by atoms with Crippen molar-refractivity contribution in [2.24, 2.45) is 5.92 Å². The van der Waals surface area contributed by atoms with Crippen molar-refractivity contribution in [1.82, 2.24) is 4.98 Å². The van der Waals surface area contributed by atoms with Gasteiger partial charge in [-0.15, -0.1) is 11.3 Å². The van der Waals surface area contributed by atoms with E-state index in [9.17, 15) is 9.59 Å². The number of hydrogen-bond donors (Lipinski definition) is 0. The fourth-order valence-electron chi connectivity index (χ4n) is 3.23. The molecule has 1 heterocycles. The minimum absolute atomic E-state index is 0.0795. The van der Waals surface area contributed by atoms with Gasteiger partial charge >= 0.3 is 0 Å². The van der Waals surface area contributed by atoms with Crippen LogP contribution >= 0.6 is 11.3 Å². The summed E-state index contributed by atoms with van der Waals surface area (Å²) in [6, 6.07) is 5.96. The molecule has 0 bridgehead atoms. The summed E-state index contributed by atoms with van der Waals surface area (Å²) in [6.45, 7) is 7.61. The van der Waals surface area contributed by atoms with E-state index >= 15 is 0 Å². The second-order valence-corrected chi connectivity index (χ2v) is 7.84. The maximum atomic E-state index is 12.3. The van der Waals surface area contributed by atoms with Crippen LogP contribution in [0.1, 0.15) is 49.9 Å². The second kappa shape index (κ2) is 7.54. The number of carbonyl (C=O) groups excluding carboxylic acids is 2. The van der Waals surface area contributed by atoms with Crippen LogP contribution in [-0.2, 0) is 9.59 Å². The molecule has 1 amide bonds. The lowest BCUT2D eigenvalue weighted by atomic mass is 9.85. The molecule has 3 rings (SSSR count). The van der Waals surface area contributed by atoms with Crippen LogP contribution in [0.3, 0.4) is 0 Å². The molecule has 0 saturated heterocycles. The summed E-state index contributed by atoms with van der Waals surface area (Å²) >= 11 is 1.42. The van der Waals surface area contributed by atoms with Gasteiger partial charge in [-0.25, -0.2) is 4.98 Å². The van der Waals surface area contributed by atoms with Crippen LogP contribution in [0.4, 0.5) is 10.8 Å². The number of allylic oxidation sites excluding steroid dienone is 1. The van der Waals surface area contributed by atoms with E-state index in [0.29, 0.717) is 5.13 Å². The Morgan fingerprint density at radius 1 is 1.31 bits per heavy atom. The van der Waals surface area contributed by atoms with Crippen molar-refractivity contribution in [3.8, 4) is 0 Å². The smallest absolute Gasteiger partial charge is 0.230 e. The van der Waals surface area contributed by atoms with Crippen LogP contribution in [0.5, 0.6) is 0 Å². The summed E-state index contributed by atoms with van der Waals surface area (Å²) in [5, 5.41) is 2.54. The highest BCUT2D eigenvalue weighted by atomic mass is 32.1. The number of Topliss-reactive ketones (excluding diaryl/α,β-unsaturated/α-hetero) is 1. The molecule has 1 fully saturated rings. The number of benzene rings is 1. The Bertz CT molecular complexity index is 882. The Kier molecular flexibility index (Phi) is 5.37. The average Bonchev–Trinajstić information content (AvgIpc) is 3.03. The highest BCUT2D eigenvalue weighted by Crippen LogP contribution is 2.32. The molecule has 1 saturated carbocycles. The summed E-state index contributed by atoms with van der Waals surface area (Å²) in [6.07, 6.45) is 4.70. The zero-order chi connectivity index (χ0) is 18.8. The summed E-state index contributed by atoms with van der Waals surface area (Å²) in [4.78, 5) is 30.8. The predicted molar refractivity (Wildman–Crippen MR) is 107 cm³/mol. The van der Waals surface area contributed by atoms with Crippen molar-refractivity contribution in [2.45, 2.75) is 47.0 Å². The molecular formula is C21H24N2O2S. The fourth-order valence-corrected chi connectivity index (χ4v) is 4.07. The number of nitrogens with zero attached hydrogens (tertiary/aromatic N) is 2. The van der Waals surface area contributed by atoms with Gasteiger partial charge in [-0.2, -0.15) is 0 Å². The van der Waals surface area contributed by atoms with Crippen molar-refractivity contribution in [3.63, 3.8) is 0 Å². The molecule has 5 heteroatoms. The molecule has 0 N–H and O–H groups in total. The first-order valence-electron chi connectivity index (χ1n) is 8.95. The number of amides is 1. The number of carbonyl (C=O) groups is 2. The van der Waals surface area contributed by atoms with Crippen LogP contribution < -0.4 is 4.90 Å². The minimum atomic E-state index is -0.0795. The van der Waals surface area contributed by atoms with Gasteiger partial charge in [0.05, 0.1) is 11.4 Å². The average molecular weight is 369 g/mol. The normalized spacial score (nSPS) is 19.0. The number of aryl methyl sites for hydroxylation is 2. The van der Waals surface area contributed by atoms with Gasteiger partial charge in [-0.05, 0) is 68.0 Å². The van der Waals surface area contributed by atoms with E-state index in [-0.39, 0.29) is 17.6 Å². The third-order valence-corrected chi connectivity index (χ3v) is 5.78. The first kappa shape index (κ1) is 18.5. The summed E-state index contributed by atoms with van der Waals surface area (Å²) < 4.78 is 0. The van der Waals surface area contributed by atoms with Crippen LogP contribution in [0.2, 0.25) is 0 Å². The molecule has 2 aromatic rings. The lowest BCUT2D eigenvalue weighted by Gasteiger charge is -2.19. The lowest BCUT2D eigenvalue weighted by molar-refractivity contribution is -0.120.